The number of hydrogen-bond donors (Lipinski definition) is 2. The van der Waals surface area contributed by atoms with Crippen LogP contribution >= 0.6 is 0 Å². The average Bonchev–Trinajstić information content (AvgIpc) is 2.41. The van der Waals surface area contributed by atoms with Crippen LogP contribution in [0.1, 0.15) is 21.5 Å². The second kappa shape index (κ2) is 6.30. The van der Waals surface area contributed by atoms with E-state index in [0.29, 0.717) is 12.1 Å². The zero-order valence-electron chi connectivity index (χ0n) is 11.2. The molecule has 104 valence electrons. The summed E-state index contributed by atoms with van der Waals surface area (Å²) in [5.74, 6) is -1.00. The fourth-order valence-electron chi connectivity index (χ4n) is 1.89. The predicted molar refractivity (Wildman–Crippen MR) is 76.3 cm³/mol. The van der Waals surface area contributed by atoms with Gasteiger partial charge in [0.1, 0.15) is 5.82 Å². The Morgan fingerprint density at radius 1 is 1.20 bits per heavy atom. The highest BCUT2D eigenvalue weighted by molar-refractivity contribution is 6.04. The molecule has 0 aliphatic rings. The largest absolute Gasteiger partial charge is 0.396 e. The lowest BCUT2D eigenvalue weighted by Gasteiger charge is -2.07. The number of aryl methyl sites for hydroxylation is 1. The first-order chi connectivity index (χ1) is 9.60. The van der Waals surface area contributed by atoms with Crippen molar-refractivity contribution in [2.75, 3.05) is 11.9 Å². The first-order valence-electron chi connectivity index (χ1n) is 6.37. The first kappa shape index (κ1) is 14.2. The molecule has 20 heavy (non-hydrogen) atoms. The molecule has 0 aromatic heterocycles. The lowest BCUT2D eigenvalue weighted by atomic mass is 10.1. The summed E-state index contributed by atoms with van der Waals surface area (Å²) >= 11 is 0. The number of halogens is 1. The van der Waals surface area contributed by atoms with Gasteiger partial charge in [-0.2, -0.15) is 0 Å². The summed E-state index contributed by atoms with van der Waals surface area (Å²) in [6.45, 7) is 1.85. The molecule has 0 unspecified atom stereocenters. The second-order valence-corrected chi connectivity index (χ2v) is 4.61. The Bertz CT molecular complexity index is 608. The Labute approximate surface area is 117 Å². The average molecular weight is 273 g/mol. The molecule has 2 N–H and O–H groups in total. The van der Waals surface area contributed by atoms with Crippen LogP contribution in [0.5, 0.6) is 0 Å². The summed E-state index contributed by atoms with van der Waals surface area (Å²) in [7, 11) is 0. The number of benzene rings is 2. The Balaban J connectivity index is 2.11. The van der Waals surface area contributed by atoms with Crippen molar-refractivity contribution in [2.24, 2.45) is 0 Å². The minimum Gasteiger partial charge on any atom is -0.396 e. The maximum Gasteiger partial charge on any atom is 0.258 e. The molecule has 0 aliphatic carbocycles. The minimum absolute atomic E-state index is 0.0232. The molecule has 0 heterocycles. The maximum atomic E-state index is 13.7. The van der Waals surface area contributed by atoms with Crippen LogP contribution in [0.4, 0.5) is 10.1 Å². The number of aliphatic hydroxyl groups excluding tert-OH is 1. The van der Waals surface area contributed by atoms with Gasteiger partial charge in [-0.1, -0.05) is 18.2 Å². The molecule has 4 heteroatoms. The predicted octanol–water partition coefficient (Wildman–Crippen LogP) is 2.92. The van der Waals surface area contributed by atoms with Gasteiger partial charge in [0.15, 0.2) is 0 Å². The highest BCUT2D eigenvalue weighted by Gasteiger charge is 2.11. The van der Waals surface area contributed by atoms with Crippen LogP contribution in [0.2, 0.25) is 0 Å². The third-order valence-corrected chi connectivity index (χ3v) is 2.98. The molecule has 0 bridgehead atoms. The lowest BCUT2D eigenvalue weighted by Crippen LogP contribution is -2.13. The summed E-state index contributed by atoms with van der Waals surface area (Å²) in [5.41, 5.74) is 2.37. The number of aliphatic hydroxyl groups is 1. The number of anilines is 1. The number of rotatable bonds is 4. The molecule has 3 nitrogen and oxygen atoms in total. The topological polar surface area (TPSA) is 49.3 Å². The number of carbonyl (C=O) groups is 1. The molecule has 2 aromatic rings. The van der Waals surface area contributed by atoms with Crippen LogP contribution in [0.25, 0.3) is 0 Å². The third kappa shape index (κ3) is 3.42. The maximum absolute atomic E-state index is 13.7. The van der Waals surface area contributed by atoms with Gasteiger partial charge in [-0.25, -0.2) is 4.39 Å². The normalized spacial score (nSPS) is 10.3. The van der Waals surface area contributed by atoms with Crippen molar-refractivity contribution in [3.63, 3.8) is 0 Å². The fraction of sp³-hybridized carbons (Fsp3) is 0.188. The van der Waals surface area contributed by atoms with Gasteiger partial charge in [-0.05, 0) is 48.7 Å². The highest BCUT2D eigenvalue weighted by atomic mass is 19.1. The zero-order chi connectivity index (χ0) is 14.5. The van der Waals surface area contributed by atoms with Crippen LogP contribution in [-0.2, 0) is 6.42 Å². The highest BCUT2D eigenvalue weighted by Crippen LogP contribution is 2.14. The molecular weight excluding hydrogens is 257 g/mol. The van der Waals surface area contributed by atoms with E-state index in [4.69, 9.17) is 5.11 Å². The number of carbonyl (C=O) groups excluding carboxylic acids is 1. The first-order valence-corrected chi connectivity index (χ1v) is 6.37. The van der Waals surface area contributed by atoms with Gasteiger partial charge in [0, 0.05) is 12.3 Å². The SMILES string of the molecule is Cc1ccc(C(=O)Nc2ccc(CCO)cc2)c(F)c1. The third-order valence-electron chi connectivity index (χ3n) is 2.98. The van der Waals surface area contributed by atoms with Crippen molar-refractivity contribution < 1.29 is 14.3 Å². The Morgan fingerprint density at radius 2 is 1.90 bits per heavy atom. The van der Waals surface area contributed by atoms with Crippen LogP contribution in [0.3, 0.4) is 0 Å². The van der Waals surface area contributed by atoms with Gasteiger partial charge in [0.05, 0.1) is 5.56 Å². The number of amides is 1. The van der Waals surface area contributed by atoms with Gasteiger partial charge < -0.3 is 10.4 Å². The quantitative estimate of drug-likeness (QED) is 0.900. The number of nitrogens with one attached hydrogen (secondary N) is 1. The molecule has 0 saturated heterocycles. The molecule has 2 rings (SSSR count). The van der Waals surface area contributed by atoms with Gasteiger partial charge >= 0.3 is 0 Å². The van der Waals surface area contributed by atoms with Gasteiger partial charge in [-0.3, -0.25) is 4.79 Å². The molecule has 0 fully saturated rings. The Hall–Kier alpha value is -2.20. The van der Waals surface area contributed by atoms with E-state index in [1.54, 1.807) is 25.1 Å². The van der Waals surface area contributed by atoms with Gasteiger partial charge in [0.2, 0.25) is 0 Å². The monoisotopic (exact) mass is 273 g/mol. The zero-order valence-corrected chi connectivity index (χ0v) is 11.2. The van der Waals surface area contributed by atoms with E-state index in [0.717, 1.165) is 11.1 Å². The van der Waals surface area contributed by atoms with E-state index >= 15 is 0 Å². The van der Waals surface area contributed by atoms with Gasteiger partial charge in [0.25, 0.3) is 5.91 Å². The van der Waals surface area contributed by atoms with E-state index in [1.165, 1.54) is 12.1 Å². The van der Waals surface area contributed by atoms with Gasteiger partial charge in [-0.15, -0.1) is 0 Å². The Morgan fingerprint density at radius 3 is 2.50 bits per heavy atom. The summed E-state index contributed by atoms with van der Waals surface area (Å²) in [5, 5.41) is 11.5. The molecule has 0 saturated carbocycles. The molecular formula is C16H16FNO2. The summed E-state index contributed by atoms with van der Waals surface area (Å²) in [4.78, 5) is 12.0. The fourth-order valence-corrected chi connectivity index (χ4v) is 1.89. The molecule has 1 amide bonds. The van der Waals surface area contributed by atoms with Crippen molar-refractivity contribution >= 4 is 11.6 Å². The van der Waals surface area contributed by atoms with E-state index < -0.39 is 11.7 Å². The van der Waals surface area contributed by atoms with Crippen molar-refractivity contribution in [1.29, 1.82) is 0 Å². The molecule has 0 radical (unpaired) electrons. The standard InChI is InChI=1S/C16H16FNO2/c1-11-2-7-14(15(17)10-11)16(20)18-13-5-3-12(4-6-13)8-9-19/h2-7,10,19H,8-9H2,1H3,(H,18,20). The molecule has 0 spiro atoms. The van der Waals surface area contributed by atoms with E-state index in [-0.39, 0.29) is 12.2 Å². The van der Waals surface area contributed by atoms with E-state index in [2.05, 4.69) is 5.32 Å². The van der Waals surface area contributed by atoms with Crippen LogP contribution < -0.4 is 5.32 Å². The van der Waals surface area contributed by atoms with Crippen molar-refractivity contribution in [1.82, 2.24) is 0 Å². The van der Waals surface area contributed by atoms with Crippen LogP contribution in [-0.4, -0.2) is 17.6 Å². The molecule has 0 aliphatic heterocycles. The smallest absolute Gasteiger partial charge is 0.258 e. The van der Waals surface area contributed by atoms with E-state index in [1.807, 2.05) is 12.1 Å². The second-order valence-electron chi connectivity index (χ2n) is 4.61. The van der Waals surface area contributed by atoms with Crippen LogP contribution in [0.15, 0.2) is 42.5 Å². The molecule has 2 aromatic carbocycles. The number of hydrogen-bond acceptors (Lipinski definition) is 2. The van der Waals surface area contributed by atoms with Crippen molar-refractivity contribution in [2.45, 2.75) is 13.3 Å². The molecule has 0 atom stereocenters. The van der Waals surface area contributed by atoms with Crippen LogP contribution in [0, 0.1) is 12.7 Å². The van der Waals surface area contributed by atoms with E-state index in [9.17, 15) is 9.18 Å². The van der Waals surface area contributed by atoms with Crippen molar-refractivity contribution in [3.8, 4) is 0 Å². The summed E-state index contributed by atoms with van der Waals surface area (Å²) < 4.78 is 13.7. The Kier molecular flexibility index (Phi) is 4.48. The lowest BCUT2D eigenvalue weighted by molar-refractivity contribution is 0.102. The summed E-state index contributed by atoms with van der Waals surface area (Å²) in [6.07, 6.45) is 0.570. The summed E-state index contributed by atoms with van der Waals surface area (Å²) in [6, 6.07) is 11.6. The van der Waals surface area contributed by atoms with Crippen molar-refractivity contribution in [3.05, 3.63) is 65.0 Å². The minimum atomic E-state index is -0.528.